The lowest BCUT2D eigenvalue weighted by molar-refractivity contribution is -0.766. The molecule has 1 fully saturated rings. The highest BCUT2D eigenvalue weighted by molar-refractivity contribution is 5.86. The van der Waals surface area contributed by atoms with Gasteiger partial charge in [-0.1, -0.05) is 54.1 Å². The zero-order valence-corrected chi connectivity index (χ0v) is 23.2. The van der Waals surface area contributed by atoms with E-state index in [9.17, 15) is 4.79 Å². The minimum atomic E-state index is 0.0671. The number of benzene rings is 3. The summed E-state index contributed by atoms with van der Waals surface area (Å²) in [5.74, 6) is 0. The third-order valence-electron chi connectivity index (χ3n) is 8.27. The highest BCUT2D eigenvalue weighted by Gasteiger charge is 2.33. The predicted octanol–water partition coefficient (Wildman–Crippen LogP) is 5.94. The van der Waals surface area contributed by atoms with E-state index in [4.69, 9.17) is 0 Å². The molecule has 0 saturated carbocycles. The van der Waals surface area contributed by atoms with Crippen molar-refractivity contribution in [3.63, 3.8) is 0 Å². The number of hydrogen-bond donors (Lipinski definition) is 1. The zero-order chi connectivity index (χ0) is 26.9. The van der Waals surface area contributed by atoms with Crippen LogP contribution in [0, 0.1) is 6.92 Å². The molecule has 0 spiro atoms. The number of nitrogens with one attached hydrogen (secondary N) is 1. The second-order valence-corrected chi connectivity index (χ2v) is 10.7. The van der Waals surface area contributed by atoms with Crippen molar-refractivity contribution < 1.29 is 4.68 Å². The number of rotatable bonds is 7. The van der Waals surface area contributed by atoms with Crippen molar-refractivity contribution in [1.82, 2.24) is 19.1 Å². The van der Waals surface area contributed by atoms with Crippen LogP contribution in [-0.4, -0.2) is 32.2 Å². The summed E-state index contributed by atoms with van der Waals surface area (Å²) in [5.41, 5.74) is 9.44. The molecule has 0 unspecified atom stereocenters. The molecule has 39 heavy (non-hydrogen) atoms. The average Bonchev–Trinajstić information content (AvgIpc) is 3.52. The Morgan fingerprint density at radius 1 is 0.846 bits per heavy atom. The van der Waals surface area contributed by atoms with Crippen molar-refractivity contribution in [2.75, 3.05) is 13.1 Å². The topological polar surface area (TPSA) is 49.8 Å². The van der Waals surface area contributed by atoms with Gasteiger partial charge in [0.1, 0.15) is 0 Å². The number of likely N-dealkylation sites (tertiary alicyclic amines) is 1. The lowest BCUT2D eigenvalue weighted by Crippen LogP contribution is -2.48. The number of piperidine rings is 1. The van der Waals surface area contributed by atoms with Crippen LogP contribution in [-0.2, 0) is 19.6 Å². The van der Waals surface area contributed by atoms with Gasteiger partial charge in [0.25, 0.3) is 0 Å². The molecule has 0 amide bonds. The van der Waals surface area contributed by atoms with Gasteiger partial charge in [0.2, 0.25) is 5.69 Å². The quantitative estimate of drug-likeness (QED) is 0.270. The first-order chi connectivity index (χ1) is 19.1. The Morgan fingerprint density at radius 2 is 1.59 bits per heavy atom. The maximum Gasteiger partial charge on any atom is 0.329 e. The number of fused-ring (bicyclic) bond motifs is 1. The Labute approximate surface area is 230 Å². The van der Waals surface area contributed by atoms with Crippen molar-refractivity contribution in [2.24, 2.45) is 0 Å². The highest BCUT2D eigenvalue weighted by Crippen LogP contribution is 2.33. The molecular formula is C33H38N5O+. The molecule has 0 radical (unpaired) electrons. The monoisotopic (exact) mass is 520 g/mol. The second kappa shape index (κ2) is 10.7. The minimum absolute atomic E-state index is 0.0671. The zero-order valence-electron chi connectivity index (χ0n) is 23.2. The van der Waals surface area contributed by atoms with Gasteiger partial charge >= 0.3 is 5.69 Å². The molecule has 5 aromatic rings. The third-order valence-corrected chi connectivity index (χ3v) is 8.27. The molecule has 3 heterocycles. The van der Waals surface area contributed by atoms with Gasteiger partial charge in [-0.2, -0.15) is 5.10 Å². The smallest absolute Gasteiger partial charge is 0.299 e. The largest absolute Gasteiger partial charge is 0.329 e. The van der Waals surface area contributed by atoms with Gasteiger partial charge < -0.3 is 0 Å². The Morgan fingerprint density at radius 3 is 2.31 bits per heavy atom. The molecule has 6 heteroatoms. The van der Waals surface area contributed by atoms with E-state index in [2.05, 4.69) is 101 Å². The molecule has 1 aliphatic heterocycles. The normalized spacial score (nSPS) is 14.8. The number of nitrogens with zero attached hydrogens (tertiary/aromatic N) is 4. The van der Waals surface area contributed by atoms with Crippen LogP contribution in [0.15, 0.2) is 83.8 Å². The van der Waals surface area contributed by atoms with E-state index in [1.54, 1.807) is 0 Å². The van der Waals surface area contributed by atoms with E-state index in [1.165, 1.54) is 27.9 Å². The van der Waals surface area contributed by atoms with Crippen molar-refractivity contribution in [1.29, 1.82) is 0 Å². The number of aromatic nitrogens is 4. The summed E-state index contributed by atoms with van der Waals surface area (Å²) in [7, 11) is 0. The van der Waals surface area contributed by atoms with Crippen LogP contribution in [0.3, 0.4) is 0 Å². The van der Waals surface area contributed by atoms with E-state index in [0.29, 0.717) is 19.1 Å². The van der Waals surface area contributed by atoms with Gasteiger partial charge in [-0.25, -0.2) is 4.79 Å². The molecule has 1 saturated heterocycles. The summed E-state index contributed by atoms with van der Waals surface area (Å²) in [4.78, 5) is 15.6. The van der Waals surface area contributed by atoms with E-state index < -0.39 is 0 Å². The molecule has 1 aliphatic rings. The van der Waals surface area contributed by atoms with Crippen LogP contribution < -0.4 is 10.4 Å². The predicted molar refractivity (Wildman–Crippen MR) is 158 cm³/mol. The molecule has 1 N–H and O–H groups in total. The lowest BCUT2D eigenvalue weighted by atomic mass is 9.98. The number of imidazole rings is 1. The van der Waals surface area contributed by atoms with E-state index in [-0.39, 0.29) is 5.69 Å². The second-order valence-electron chi connectivity index (χ2n) is 10.7. The van der Waals surface area contributed by atoms with Crippen LogP contribution in [0.25, 0.3) is 33.4 Å². The number of aryl methyl sites for hydroxylation is 3. The van der Waals surface area contributed by atoms with Crippen molar-refractivity contribution in [3.8, 4) is 22.4 Å². The fourth-order valence-electron chi connectivity index (χ4n) is 6.27. The van der Waals surface area contributed by atoms with Gasteiger partial charge in [0, 0.05) is 51.1 Å². The summed E-state index contributed by atoms with van der Waals surface area (Å²) in [5, 5.41) is 3.65. The Balaban J connectivity index is 1.38. The van der Waals surface area contributed by atoms with Gasteiger partial charge in [0.15, 0.2) is 6.04 Å². The fraction of sp³-hybridized carbons (Fsp3) is 0.333. The fourth-order valence-corrected chi connectivity index (χ4v) is 6.27. The first kappa shape index (κ1) is 25.4. The lowest BCUT2D eigenvalue weighted by Gasteiger charge is -2.29. The number of H-pyrrole nitrogens is 1. The Kier molecular flexibility index (Phi) is 6.96. The molecule has 0 atom stereocenters. The average molecular weight is 521 g/mol. The first-order valence-electron chi connectivity index (χ1n) is 14.3. The Bertz CT molecular complexity index is 1650. The number of hydrogen-bond acceptors (Lipinski definition) is 2. The molecule has 3 aromatic carbocycles. The maximum atomic E-state index is 13.0. The van der Waals surface area contributed by atoms with Gasteiger partial charge in [0.05, 0.1) is 22.8 Å². The molecule has 2 aromatic heterocycles. The van der Waals surface area contributed by atoms with Crippen LogP contribution in [0.5, 0.6) is 0 Å². The van der Waals surface area contributed by atoms with Crippen LogP contribution in [0.1, 0.15) is 43.9 Å². The minimum Gasteiger partial charge on any atom is -0.299 e. The van der Waals surface area contributed by atoms with E-state index in [1.807, 2.05) is 23.0 Å². The van der Waals surface area contributed by atoms with Gasteiger partial charge in [-0.05, 0) is 56.2 Å². The molecule has 0 bridgehead atoms. The molecular weight excluding hydrogens is 482 g/mol. The number of aromatic amines is 1. The summed E-state index contributed by atoms with van der Waals surface area (Å²) in [6.07, 6.45) is 4.36. The molecule has 6 rings (SSSR count). The van der Waals surface area contributed by atoms with Crippen molar-refractivity contribution >= 4 is 11.0 Å². The van der Waals surface area contributed by atoms with Crippen molar-refractivity contribution in [2.45, 2.75) is 59.3 Å². The van der Waals surface area contributed by atoms with Crippen LogP contribution >= 0.6 is 0 Å². The summed E-state index contributed by atoms with van der Waals surface area (Å²) >= 11 is 0. The van der Waals surface area contributed by atoms with E-state index in [0.717, 1.165) is 49.1 Å². The van der Waals surface area contributed by atoms with Crippen molar-refractivity contribution in [3.05, 3.63) is 101 Å². The maximum absolute atomic E-state index is 13.0. The standard InChI is InChI=1S/C33H37N5O/c1-4-36-30-15-14-26(21-31(30)37(5-2)33(36)39)29-22-34-38(32(29)27-13-9-10-24(3)20-27)28-16-18-35(19-17-28)23-25-11-7-6-8-12-25/h6-15,20-22,28H,4-5,16-19,23H2,1-3H3/p+1. The summed E-state index contributed by atoms with van der Waals surface area (Å²) < 4.78 is 6.15. The van der Waals surface area contributed by atoms with Gasteiger partial charge in [-0.3, -0.25) is 14.0 Å². The Hall–Kier alpha value is -3.90. The summed E-state index contributed by atoms with van der Waals surface area (Å²) in [6.45, 7) is 10.7. The van der Waals surface area contributed by atoms with Gasteiger partial charge in [-0.15, -0.1) is 4.68 Å². The molecule has 200 valence electrons. The highest BCUT2D eigenvalue weighted by atomic mass is 16.1. The molecule has 0 aliphatic carbocycles. The first-order valence-corrected chi connectivity index (χ1v) is 14.3. The van der Waals surface area contributed by atoms with Crippen LogP contribution in [0.4, 0.5) is 0 Å². The van der Waals surface area contributed by atoms with Crippen LogP contribution in [0.2, 0.25) is 0 Å². The third kappa shape index (κ3) is 4.74. The summed E-state index contributed by atoms with van der Waals surface area (Å²) in [6, 6.07) is 26.5. The SMILES string of the molecule is CCn1c(=O)n(CC)c2cc(-c3c[nH][n+](C4CCN(Cc5ccccc5)CC4)c3-c3cccc(C)c3)ccc21. The molecule has 6 nitrogen and oxygen atoms in total. The van der Waals surface area contributed by atoms with E-state index >= 15 is 0 Å².